The molecule has 2 aromatic heterocycles. The highest BCUT2D eigenvalue weighted by Crippen LogP contribution is 2.23. The molecule has 0 fully saturated rings. The average Bonchev–Trinajstić information content (AvgIpc) is 3.14. The van der Waals surface area contributed by atoms with Crippen molar-refractivity contribution in [2.45, 2.75) is 32.9 Å². The van der Waals surface area contributed by atoms with Crippen LogP contribution in [0, 0.1) is 6.92 Å². The van der Waals surface area contributed by atoms with Crippen LogP contribution in [0.4, 0.5) is 0 Å². The molecule has 28 heavy (non-hydrogen) atoms. The molecule has 1 atom stereocenters. The van der Waals surface area contributed by atoms with Gasteiger partial charge in [0, 0.05) is 12.6 Å². The van der Waals surface area contributed by atoms with Crippen molar-refractivity contribution < 1.29 is 0 Å². The highest BCUT2D eigenvalue weighted by atomic mass is 32.1. The van der Waals surface area contributed by atoms with Gasteiger partial charge in [0.25, 0.3) is 5.56 Å². The Hall–Kier alpha value is -2.83. The van der Waals surface area contributed by atoms with E-state index in [0.29, 0.717) is 11.5 Å². The number of nitrogens with zero attached hydrogens (tertiary/aromatic N) is 3. The molecule has 6 heteroatoms. The van der Waals surface area contributed by atoms with Gasteiger partial charge in [0.15, 0.2) is 0 Å². The summed E-state index contributed by atoms with van der Waals surface area (Å²) in [5.41, 5.74) is 4.18. The van der Waals surface area contributed by atoms with E-state index in [0.717, 1.165) is 17.1 Å². The van der Waals surface area contributed by atoms with E-state index in [9.17, 15) is 4.79 Å². The van der Waals surface area contributed by atoms with Crippen molar-refractivity contribution in [1.29, 1.82) is 0 Å². The summed E-state index contributed by atoms with van der Waals surface area (Å²) in [6.45, 7) is 4.61. The number of nitrogens with one attached hydrogen (secondary N) is 1. The Labute approximate surface area is 167 Å². The molecule has 5 nitrogen and oxygen atoms in total. The van der Waals surface area contributed by atoms with Crippen molar-refractivity contribution in [2.75, 3.05) is 0 Å². The van der Waals surface area contributed by atoms with E-state index < -0.39 is 0 Å². The van der Waals surface area contributed by atoms with E-state index in [1.165, 1.54) is 32.5 Å². The van der Waals surface area contributed by atoms with E-state index in [2.05, 4.69) is 58.7 Å². The van der Waals surface area contributed by atoms with Crippen molar-refractivity contribution in [2.24, 2.45) is 0 Å². The first-order valence-electron chi connectivity index (χ1n) is 9.37. The normalized spacial score (nSPS) is 12.4. The molecule has 142 valence electrons. The molecular weight excluding hydrogens is 368 g/mol. The predicted molar refractivity (Wildman–Crippen MR) is 113 cm³/mol. The lowest BCUT2D eigenvalue weighted by atomic mass is 9.98. The zero-order valence-electron chi connectivity index (χ0n) is 15.9. The monoisotopic (exact) mass is 390 g/mol. The Morgan fingerprint density at radius 3 is 2.50 bits per heavy atom. The third kappa shape index (κ3) is 3.88. The second-order valence-electron chi connectivity index (χ2n) is 6.76. The molecule has 0 spiro atoms. The lowest BCUT2D eigenvalue weighted by molar-refractivity contribution is 0.596. The van der Waals surface area contributed by atoms with Gasteiger partial charge in [0.1, 0.15) is 5.01 Å². The van der Waals surface area contributed by atoms with E-state index >= 15 is 0 Å². The first kappa shape index (κ1) is 18.5. The predicted octanol–water partition coefficient (Wildman–Crippen LogP) is 3.90. The lowest BCUT2D eigenvalue weighted by Crippen LogP contribution is -2.24. The highest BCUT2D eigenvalue weighted by molar-refractivity contribution is 7.16. The van der Waals surface area contributed by atoms with Gasteiger partial charge in [-0.1, -0.05) is 78.4 Å². The first-order chi connectivity index (χ1) is 13.6. The maximum atomic E-state index is 12.4. The number of aryl methyl sites for hydroxylation is 2. The Kier molecular flexibility index (Phi) is 5.32. The number of benzene rings is 2. The van der Waals surface area contributed by atoms with E-state index in [1.807, 2.05) is 25.1 Å². The van der Waals surface area contributed by atoms with Gasteiger partial charge in [0.2, 0.25) is 4.96 Å². The Morgan fingerprint density at radius 1 is 1.07 bits per heavy atom. The fraction of sp³-hybridized carbons (Fsp3) is 0.227. The molecule has 1 N–H and O–H groups in total. The van der Waals surface area contributed by atoms with Crippen LogP contribution in [-0.4, -0.2) is 14.6 Å². The van der Waals surface area contributed by atoms with Gasteiger partial charge in [-0.15, -0.1) is 0 Å². The SMILES string of the molecule is CCc1nn2c(=O)cc(CN[C@H](c3ccccc3)c3ccc(C)cc3)nc2s1. The fourth-order valence-electron chi connectivity index (χ4n) is 3.17. The standard InChI is InChI=1S/C22H22N4OS/c1-3-19-25-26-20(27)13-18(24-22(26)28-19)14-23-21(16-7-5-4-6-8-16)17-11-9-15(2)10-12-17/h4-13,21,23H,3,14H2,1-2H3/t21-/m1/s1. The van der Waals surface area contributed by atoms with Crippen LogP contribution in [0.5, 0.6) is 0 Å². The molecule has 2 heterocycles. The van der Waals surface area contributed by atoms with Crippen LogP contribution in [0.25, 0.3) is 4.96 Å². The summed E-state index contributed by atoms with van der Waals surface area (Å²) in [7, 11) is 0. The summed E-state index contributed by atoms with van der Waals surface area (Å²) < 4.78 is 1.39. The van der Waals surface area contributed by atoms with E-state index in [-0.39, 0.29) is 11.6 Å². The molecule has 0 saturated heterocycles. The van der Waals surface area contributed by atoms with Gasteiger partial charge in [-0.3, -0.25) is 4.79 Å². The molecule has 2 aromatic carbocycles. The van der Waals surface area contributed by atoms with Crippen LogP contribution < -0.4 is 10.9 Å². The first-order valence-corrected chi connectivity index (χ1v) is 10.2. The molecule has 0 radical (unpaired) electrons. The third-order valence-electron chi connectivity index (χ3n) is 4.67. The highest BCUT2D eigenvalue weighted by Gasteiger charge is 2.15. The smallest absolute Gasteiger partial charge is 0.275 e. The number of aromatic nitrogens is 3. The summed E-state index contributed by atoms with van der Waals surface area (Å²) in [5, 5.41) is 8.80. The molecule has 0 amide bonds. The van der Waals surface area contributed by atoms with Crippen LogP contribution in [0.1, 0.15) is 40.4 Å². The van der Waals surface area contributed by atoms with Gasteiger partial charge in [-0.25, -0.2) is 4.98 Å². The molecule has 0 bridgehead atoms. The number of fused-ring (bicyclic) bond motifs is 1. The fourth-order valence-corrected chi connectivity index (χ4v) is 4.03. The molecule has 0 aliphatic carbocycles. The summed E-state index contributed by atoms with van der Waals surface area (Å²) >= 11 is 1.47. The Balaban J connectivity index is 1.63. The largest absolute Gasteiger partial charge is 0.301 e. The second-order valence-corrected chi connectivity index (χ2v) is 7.81. The number of hydrogen-bond donors (Lipinski definition) is 1. The van der Waals surface area contributed by atoms with Crippen molar-refractivity contribution >= 4 is 16.3 Å². The minimum absolute atomic E-state index is 0.0229. The van der Waals surface area contributed by atoms with Crippen LogP contribution >= 0.6 is 11.3 Å². The minimum Gasteiger partial charge on any atom is -0.301 e. The molecule has 0 saturated carbocycles. The van der Waals surface area contributed by atoms with Crippen LogP contribution in [0.2, 0.25) is 0 Å². The summed E-state index contributed by atoms with van der Waals surface area (Å²) in [6, 6.07) is 20.4. The maximum absolute atomic E-state index is 12.4. The third-order valence-corrected chi connectivity index (χ3v) is 5.73. The number of rotatable bonds is 6. The van der Waals surface area contributed by atoms with Crippen LogP contribution in [0.15, 0.2) is 65.5 Å². The molecule has 0 unspecified atom stereocenters. The average molecular weight is 391 g/mol. The van der Waals surface area contributed by atoms with Crippen LogP contribution in [0.3, 0.4) is 0 Å². The molecule has 0 aliphatic heterocycles. The van der Waals surface area contributed by atoms with Crippen molar-refractivity contribution in [3.05, 3.63) is 98.4 Å². The van der Waals surface area contributed by atoms with Gasteiger partial charge in [-0.05, 0) is 24.5 Å². The zero-order valence-corrected chi connectivity index (χ0v) is 16.7. The zero-order chi connectivity index (χ0) is 19.5. The van der Waals surface area contributed by atoms with Gasteiger partial charge in [0.05, 0.1) is 11.7 Å². The van der Waals surface area contributed by atoms with E-state index in [4.69, 9.17) is 0 Å². The minimum atomic E-state index is -0.135. The van der Waals surface area contributed by atoms with Gasteiger partial charge in [-0.2, -0.15) is 9.61 Å². The quantitative estimate of drug-likeness (QED) is 0.542. The molecular formula is C22H22N4OS. The Morgan fingerprint density at radius 2 is 1.79 bits per heavy atom. The van der Waals surface area contributed by atoms with Crippen molar-refractivity contribution in [3.8, 4) is 0 Å². The Bertz CT molecular complexity index is 1130. The molecule has 4 rings (SSSR count). The van der Waals surface area contributed by atoms with E-state index in [1.54, 1.807) is 6.07 Å². The number of hydrogen-bond acceptors (Lipinski definition) is 5. The second kappa shape index (κ2) is 8.04. The maximum Gasteiger partial charge on any atom is 0.275 e. The molecule has 0 aliphatic rings. The van der Waals surface area contributed by atoms with Crippen molar-refractivity contribution in [3.63, 3.8) is 0 Å². The molecule has 4 aromatic rings. The summed E-state index contributed by atoms with van der Waals surface area (Å²) in [4.78, 5) is 17.7. The van der Waals surface area contributed by atoms with Crippen molar-refractivity contribution in [1.82, 2.24) is 19.9 Å². The van der Waals surface area contributed by atoms with Crippen LogP contribution in [-0.2, 0) is 13.0 Å². The topological polar surface area (TPSA) is 59.3 Å². The summed E-state index contributed by atoms with van der Waals surface area (Å²) in [6.07, 6.45) is 0.796. The van der Waals surface area contributed by atoms with Gasteiger partial charge >= 0.3 is 0 Å². The lowest BCUT2D eigenvalue weighted by Gasteiger charge is -2.20. The van der Waals surface area contributed by atoms with Gasteiger partial charge < -0.3 is 5.32 Å². The summed E-state index contributed by atoms with van der Waals surface area (Å²) in [5.74, 6) is 0.